The van der Waals surface area contributed by atoms with E-state index >= 15 is 0 Å². The molecule has 0 fully saturated rings. The molecule has 0 radical (unpaired) electrons. The molecule has 1 rings (SSSR count). The number of hydrogen-bond acceptors (Lipinski definition) is 5. The molecule has 8 heteroatoms. The van der Waals surface area contributed by atoms with Gasteiger partial charge >= 0.3 is 5.97 Å². The van der Waals surface area contributed by atoms with Crippen molar-refractivity contribution >= 4 is 41.6 Å². The average molecular weight is 332 g/mol. The Morgan fingerprint density at radius 2 is 2.12 bits per heavy atom. The van der Waals surface area contributed by atoms with E-state index < -0.39 is 15.0 Å². The highest BCUT2D eigenvalue weighted by Crippen LogP contribution is 2.29. The van der Waals surface area contributed by atoms with Crippen LogP contribution in [-0.2, 0) is 13.8 Å². The lowest BCUT2D eigenvalue weighted by molar-refractivity contribution is 0.0340. The van der Waals surface area contributed by atoms with Crippen LogP contribution in [0.4, 0.5) is 0 Å². The Labute approximate surface area is 105 Å². The maximum atomic E-state index is 11.4. The van der Waals surface area contributed by atoms with Gasteiger partial charge in [-0.15, -0.1) is 0 Å². The number of hydrogen-bond donors (Lipinski definition) is 0. The summed E-state index contributed by atoms with van der Waals surface area (Å²) in [7, 11) is 1.17. The first-order valence-corrected chi connectivity index (χ1v) is 7.27. The van der Waals surface area contributed by atoms with Crippen LogP contribution in [-0.4, -0.2) is 20.5 Å². The van der Waals surface area contributed by atoms with Crippen LogP contribution in [0, 0.1) is 0 Å². The molecule has 1 heterocycles. The van der Waals surface area contributed by atoms with Crippen molar-refractivity contribution in [3.63, 3.8) is 0 Å². The van der Waals surface area contributed by atoms with Crippen LogP contribution in [0.2, 0.25) is 0 Å². The van der Waals surface area contributed by atoms with Crippen molar-refractivity contribution in [3.05, 3.63) is 16.5 Å². The van der Waals surface area contributed by atoms with Crippen LogP contribution < -0.4 is 0 Å². The average Bonchev–Trinajstić information content (AvgIpc) is 2.44. The van der Waals surface area contributed by atoms with Crippen molar-refractivity contribution in [1.82, 2.24) is 0 Å². The Morgan fingerprint density at radius 3 is 2.50 bits per heavy atom. The van der Waals surface area contributed by atoms with Crippen molar-refractivity contribution in [2.24, 2.45) is 0 Å². The van der Waals surface area contributed by atoms with Crippen LogP contribution in [0.5, 0.6) is 0 Å². The molecule has 0 bridgehead atoms. The van der Waals surface area contributed by atoms with E-state index in [2.05, 4.69) is 15.9 Å². The van der Waals surface area contributed by atoms with Crippen molar-refractivity contribution in [1.29, 1.82) is 0 Å². The van der Waals surface area contributed by atoms with E-state index in [1.807, 2.05) is 0 Å². The van der Waals surface area contributed by atoms with E-state index in [0.29, 0.717) is 0 Å². The Kier molecular flexibility index (Phi) is 4.03. The molecule has 0 aromatic carbocycles. The van der Waals surface area contributed by atoms with E-state index in [4.69, 9.17) is 19.8 Å². The first-order chi connectivity index (χ1) is 7.21. The summed E-state index contributed by atoms with van der Waals surface area (Å²) in [6, 6.07) is 1.01. The molecule has 0 saturated heterocycles. The van der Waals surface area contributed by atoms with Crippen molar-refractivity contribution < 1.29 is 22.4 Å². The number of halogens is 2. The van der Waals surface area contributed by atoms with Crippen molar-refractivity contribution in [2.45, 2.75) is 24.8 Å². The van der Waals surface area contributed by atoms with E-state index in [-0.39, 0.29) is 21.4 Å². The molecular formula is C8H8BrClO5S. The van der Waals surface area contributed by atoms with Crippen LogP contribution in [0.15, 0.2) is 20.0 Å². The molecule has 0 spiro atoms. The minimum Gasteiger partial charge on any atom is -0.457 e. The molecule has 0 amide bonds. The summed E-state index contributed by atoms with van der Waals surface area (Å²) in [5, 5.41) is 0. The molecular weight excluding hydrogens is 324 g/mol. The zero-order chi connectivity index (χ0) is 12.5. The van der Waals surface area contributed by atoms with E-state index in [1.54, 1.807) is 13.8 Å². The molecule has 90 valence electrons. The van der Waals surface area contributed by atoms with Crippen LogP contribution in [0.1, 0.15) is 24.4 Å². The maximum absolute atomic E-state index is 11.4. The molecule has 0 N–H and O–H groups in total. The summed E-state index contributed by atoms with van der Waals surface area (Å²) < 4.78 is 31.7. The van der Waals surface area contributed by atoms with Gasteiger partial charge in [-0.25, -0.2) is 13.2 Å². The molecule has 1 aromatic rings. The zero-order valence-electron chi connectivity index (χ0n) is 8.36. The number of carbonyl (C=O) groups excluding carboxylic acids is 1. The summed E-state index contributed by atoms with van der Waals surface area (Å²) in [6.07, 6.45) is -0.326. The van der Waals surface area contributed by atoms with Crippen LogP contribution >= 0.6 is 26.6 Å². The van der Waals surface area contributed by atoms with E-state index in [1.165, 1.54) is 0 Å². The monoisotopic (exact) mass is 330 g/mol. The van der Waals surface area contributed by atoms with Crippen molar-refractivity contribution in [2.75, 3.05) is 0 Å². The van der Waals surface area contributed by atoms with Gasteiger partial charge in [-0.3, -0.25) is 0 Å². The number of carbonyl (C=O) groups is 1. The van der Waals surface area contributed by atoms with Gasteiger partial charge in [-0.1, -0.05) is 0 Å². The molecule has 0 aliphatic rings. The second kappa shape index (κ2) is 4.77. The number of furan rings is 1. The highest BCUT2D eigenvalue weighted by Gasteiger charge is 2.24. The zero-order valence-corrected chi connectivity index (χ0v) is 11.5. The van der Waals surface area contributed by atoms with Crippen molar-refractivity contribution in [3.8, 4) is 0 Å². The third-order valence-corrected chi connectivity index (χ3v) is 3.64. The minimum absolute atomic E-state index is 0.127. The third-order valence-electron chi connectivity index (χ3n) is 1.46. The number of esters is 1. The number of ether oxygens (including phenoxy) is 1. The normalized spacial score (nSPS) is 11.8. The fourth-order valence-corrected chi connectivity index (χ4v) is 2.92. The highest BCUT2D eigenvalue weighted by molar-refractivity contribution is 9.10. The molecule has 16 heavy (non-hydrogen) atoms. The Hall–Kier alpha value is -0.530. The molecule has 0 aliphatic heterocycles. The fourth-order valence-electron chi connectivity index (χ4n) is 0.891. The Balaban J connectivity index is 3.07. The lowest BCUT2D eigenvalue weighted by atomic mass is 10.4. The second-order valence-corrected chi connectivity index (χ2v) is 6.40. The summed E-state index contributed by atoms with van der Waals surface area (Å²) in [4.78, 5) is 11.1. The Bertz CT molecular complexity index is 504. The number of rotatable bonds is 3. The van der Waals surface area contributed by atoms with Gasteiger partial charge in [-0.2, -0.15) is 0 Å². The van der Waals surface area contributed by atoms with Gasteiger partial charge in [0.25, 0.3) is 9.05 Å². The predicted octanol–water partition coefficient (Wildman–Crippen LogP) is 2.53. The Morgan fingerprint density at radius 1 is 1.56 bits per heavy atom. The van der Waals surface area contributed by atoms with E-state index in [0.717, 1.165) is 6.07 Å². The standard InChI is InChI=1S/C8H8BrClO5S/c1-4(2)14-8(11)5-3-6(7(9)15-5)16(10,12)13/h3-4H,1-2H3. The molecule has 0 aliphatic carbocycles. The fraction of sp³-hybridized carbons (Fsp3) is 0.375. The summed E-state index contributed by atoms with van der Waals surface area (Å²) in [5.41, 5.74) is 0. The lowest BCUT2D eigenvalue weighted by Crippen LogP contribution is -2.10. The van der Waals surface area contributed by atoms with Crippen LogP contribution in [0.25, 0.3) is 0 Å². The summed E-state index contributed by atoms with van der Waals surface area (Å²) in [5.74, 6) is -0.970. The quantitative estimate of drug-likeness (QED) is 0.628. The molecule has 5 nitrogen and oxygen atoms in total. The summed E-state index contributed by atoms with van der Waals surface area (Å²) in [6.45, 7) is 3.32. The van der Waals surface area contributed by atoms with Gasteiger partial charge in [0, 0.05) is 16.7 Å². The highest BCUT2D eigenvalue weighted by atomic mass is 79.9. The topological polar surface area (TPSA) is 73.6 Å². The maximum Gasteiger partial charge on any atom is 0.374 e. The molecule has 0 saturated carbocycles. The molecule has 1 aromatic heterocycles. The largest absolute Gasteiger partial charge is 0.457 e. The first-order valence-electron chi connectivity index (χ1n) is 4.16. The van der Waals surface area contributed by atoms with Gasteiger partial charge in [0.15, 0.2) is 4.67 Å². The van der Waals surface area contributed by atoms with Gasteiger partial charge in [0.05, 0.1) is 6.10 Å². The van der Waals surface area contributed by atoms with Gasteiger partial charge in [0.2, 0.25) is 5.76 Å². The van der Waals surface area contributed by atoms with Gasteiger partial charge in [-0.05, 0) is 29.8 Å². The van der Waals surface area contributed by atoms with Gasteiger partial charge in [0.1, 0.15) is 4.90 Å². The SMILES string of the molecule is CC(C)OC(=O)c1cc(S(=O)(=O)Cl)c(Br)o1. The van der Waals surface area contributed by atoms with Gasteiger partial charge < -0.3 is 9.15 Å². The minimum atomic E-state index is -3.95. The summed E-state index contributed by atoms with van der Waals surface area (Å²) >= 11 is 2.85. The third kappa shape index (κ3) is 3.23. The smallest absolute Gasteiger partial charge is 0.374 e. The molecule has 0 atom stereocenters. The van der Waals surface area contributed by atoms with Crippen LogP contribution in [0.3, 0.4) is 0 Å². The predicted molar refractivity (Wildman–Crippen MR) is 60.0 cm³/mol. The first kappa shape index (κ1) is 13.5. The van der Waals surface area contributed by atoms with E-state index in [9.17, 15) is 13.2 Å². The molecule has 0 unspecified atom stereocenters. The lowest BCUT2D eigenvalue weighted by Gasteiger charge is -2.04. The second-order valence-electron chi connectivity index (χ2n) is 3.14.